The van der Waals surface area contributed by atoms with E-state index in [1.807, 2.05) is 33.3 Å². The number of phosphoric ester groups is 1. The van der Waals surface area contributed by atoms with Crippen LogP contribution in [0, 0.1) is 0 Å². The summed E-state index contributed by atoms with van der Waals surface area (Å²) in [7, 11) is 1.18. The molecule has 9 nitrogen and oxygen atoms in total. The van der Waals surface area contributed by atoms with Gasteiger partial charge in [0.2, 0.25) is 5.91 Å². The first kappa shape index (κ1) is 72.7. The molecule has 0 aromatic rings. The van der Waals surface area contributed by atoms with Gasteiger partial charge in [0, 0.05) is 12.8 Å². The number of esters is 1. The molecule has 0 rings (SSSR count). The molecular weight excluding hydrogens is 952 g/mol. The molecule has 75 heavy (non-hydrogen) atoms. The summed E-state index contributed by atoms with van der Waals surface area (Å²) in [6, 6.07) is -0.892. The highest BCUT2D eigenvalue weighted by molar-refractivity contribution is 7.45. The molecule has 0 heterocycles. The predicted octanol–water partition coefficient (Wildman–Crippen LogP) is 18.8. The van der Waals surface area contributed by atoms with Gasteiger partial charge in [0.05, 0.1) is 33.8 Å². The van der Waals surface area contributed by atoms with Gasteiger partial charge in [0.25, 0.3) is 7.82 Å². The Kier molecular flexibility index (Phi) is 53.4. The van der Waals surface area contributed by atoms with Crippen LogP contribution in [0.4, 0.5) is 0 Å². The van der Waals surface area contributed by atoms with Gasteiger partial charge in [-0.1, -0.05) is 242 Å². The molecule has 0 aliphatic heterocycles. The Bertz CT molecular complexity index is 1470. The number of hydrogen-bond acceptors (Lipinski definition) is 7. The third kappa shape index (κ3) is 56.2. The summed E-state index contributed by atoms with van der Waals surface area (Å²) in [6.45, 7) is 6.81. The van der Waals surface area contributed by atoms with Crippen LogP contribution in [0.15, 0.2) is 60.8 Å². The maximum absolute atomic E-state index is 13.5. The molecule has 1 N–H and O–H groups in total. The quantitative estimate of drug-likeness (QED) is 0.0212. The van der Waals surface area contributed by atoms with Crippen molar-refractivity contribution in [2.24, 2.45) is 0 Å². The number of rotatable bonds is 57. The molecular formula is C65H121N2O7P. The first-order valence-electron chi connectivity index (χ1n) is 31.6. The van der Waals surface area contributed by atoms with E-state index >= 15 is 0 Å². The molecule has 0 saturated carbocycles. The van der Waals surface area contributed by atoms with E-state index in [4.69, 9.17) is 13.8 Å². The molecule has 0 radical (unpaired) electrons. The van der Waals surface area contributed by atoms with Crippen molar-refractivity contribution < 1.29 is 37.3 Å². The molecule has 0 aromatic carbocycles. The number of quaternary nitrogens is 1. The molecule has 0 aliphatic carbocycles. The van der Waals surface area contributed by atoms with Crippen molar-refractivity contribution in [2.45, 2.75) is 303 Å². The topological polar surface area (TPSA) is 114 Å². The van der Waals surface area contributed by atoms with Gasteiger partial charge in [-0.05, 0) is 96.0 Å². The maximum Gasteiger partial charge on any atom is 0.306 e. The van der Waals surface area contributed by atoms with Crippen LogP contribution in [-0.4, -0.2) is 69.4 Å². The zero-order valence-corrected chi connectivity index (χ0v) is 50.9. The molecule has 3 atom stereocenters. The average Bonchev–Trinajstić information content (AvgIpc) is 3.37. The minimum Gasteiger partial charge on any atom is -0.756 e. The SMILES string of the molecule is CCCCC/C=C\C/C=C\C/C=C\CCCCCCCCCCCCC(=O)OC(/C=C\CCCCCCCCCCC)C(COP(=O)([O-])OCC[N+](C)(C)C)NC(=O)CCCCCCCCC/C=C\CCCCCC. The van der Waals surface area contributed by atoms with E-state index < -0.39 is 26.6 Å². The Morgan fingerprint density at radius 1 is 0.467 bits per heavy atom. The van der Waals surface area contributed by atoms with Crippen molar-refractivity contribution >= 4 is 19.7 Å². The molecule has 438 valence electrons. The number of carbonyl (C=O) groups is 2. The molecule has 3 unspecified atom stereocenters. The van der Waals surface area contributed by atoms with Gasteiger partial charge >= 0.3 is 5.97 Å². The van der Waals surface area contributed by atoms with Gasteiger partial charge in [0.1, 0.15) is 19.3 Å². The van der Waals surface area contributed by atoms with Gasteiger partial charge in [0.15, 0.2) is 0 Å². The second kappa shape index (κ2) is 55.0. The molecule has 0 saturated heterocycles. The molecule has 0 aliphatic rings. The van der Waals surface area contributed by atoms with Crippen molar-refractivity contribution in [3.05, 3.63) is 60.8 Å². The van der Waals surface area contributed by atoms with E-state index in [2.05, 4.69) is 74.7 Å². The van der Waals surface area contributed by atoms with Crippen LogP contribution >= 0.6 is 7.82 Å². The highest BCUT2D eigenvalue weighted by atomic mass is 31.2. The number of nitrogens with zero attached hydrogens (tertiary/aromatic N) is 1. The van der Waals surface area contributed by atoms with E-state index in [9.17, 15) is 19.0 Å². The number of likely N-dealkylation sites (N-methyl/N-ethyl adjacent to an activating group) is 1. The van der Waals surface area contributed by atoms with Crippen molar-refractivity contribution in [2.75, 3.05) is 40.9 Å². The van der Waals surface area contributed by atoms with Crippen LogP contribution in [-0.2, 0) is 27.9 Å². The fraction of sp³-hybridized carbons (Fsp3) is 0.815. The number of allylic oxidation sites excluding steroid dienone is 9. The number of ether oxygens (including phenoxy) is 1. The van der Waals surface area contributed by atoms with E-state index in [0.717, 1.165) is 83.5 Å². The summed E-state index contributed by atoms with van der Waals surface area (Å²) in [6.07, 6.45) is 69.0. The fourth-order valence-corrected chi connectivity index (χ4v) is 9.72. The van der Waals surface area contributed by atoms with Crippen molar-refractivity contribution in [1.29, 1.82) is 0 Å². The molecule has 1 amide bonds. The highest BCUT2D eigenvalue weighted by Gasteiger charge is 2.27. The second-order valence-electron chi connectivity index (χ2n) is 22.6. The number of nitrogens with one attached hydrogen (secondary N) is 1. The van der Waals surface area contributed by atoms with Crippen LogP contribution < -0.4 is 10.2 Å². The van der Waals surface area contributed by atoms with E-state index in [1.165, 1.54) is 173 Å². The minimum atomic E-state index is -4.70. The Hall–Kier alpha value is -2.29. The van der Waals surface area contributed by atoms with Crippen molar-refractivity contribution in [3.63, 3.8) is 0 Å². The van der Waals surface area contributed by atoms with Gasteiger partial charge in [-0.25, -0.2) is 0 Å². The Morgan fingerprint density at radius 3 is 1.27 bits per heavy atom. The minimum absolute atomic E-state index is 0.0244. The second-order valence-corrected chi connectivity index (χ2v) is 24.0. The Balaban J connectivity index is 5.15. The predicted molar refractivity (Wildman–Crippen MR) is 321 cm³/mol. The smallest absolute Gasteiger partial charge is 0.306 e. The average molecular weight is 1070 g/mol. The highest BCUT2D eigenvalue weighted by Crippen LogP contribution is 2.38. The van der Waals surface area contributed by atoms with Crippen LogP contribution in [0.25, 0.3) is 0 Å². The van der Waals surface area contributed by atoms with E-state index in [1.54, 1.807) is 0 Å². The number of phosphoric acid groups is 1. The summed E-state index contributed by atoms with van der Waals surface area (Å²) in [5.74, 6) is -0.546. The maximum atomic E-state index is 13.5. The largest absolute Gasteiger partial charge is 0.756 e. The zero-order valence-electron chi connectivity index (χ0n) is 50.0. The number of amides is 1. The normalized spacial score (nSPS) is 14.1. The summed E-state index contributed by atoms with van der Waals surface area (Å²) < 4.78 is 30.3. The van der Waals surface area contributed by atoms with Crippen LogP contribution in [0.2, 0.25) is 0 Å². The molecule has 0 aromatic heterocycles. The molecule has 0 spiro atoms. The fourth-order valence-electron chi connectivity index (χ4n) is 8.99. The lowest BCUT2D eigenvalue weighted by Gasteiger charge is -2.30. The van der Waals surface area contributed by atoms with Gasteiger partial charge in [-0.15, -0.1) is 0 Å². The number of hydrogen-bond donors (Lipinski definition) is 1. The van der Waals surface area contributed by atoms with Crippen LogP contribution in [0.5, 0.6) is 0 Å². The summed E-state index contributed by atoms with van der Waals surface area (Å²) in [5.41, 5.74) is 0. The van der Waals surface area contributed by atoms with E-state index in [0.29, 0.717) is 17.4 Å². The molecule has 0 bridgehead atoms. The lowest BCUT2D eigenvalue weighted by Crippen LogP contribution is -2.47. The molecule has 10 heteroatoms. The van der Waals surface area contributed by atoms with Gasteiger partial charge in [-0.3, -0.25) is 14.2 Å². The monoisotopic (exact) mass is 1070 g/mol. The first-order valence-corrected chi connectivity index (χ1v) is 33.1. The van der Waals surface area contributed by atoms with Gasteiger partial charge < -0.3 is 28.5 Å². The van der Waals surface area contributed by atoms with Crippen LogP contribution in [0.3, 0.4) is 0 Å². The number of carbonyl (C=O) groups excluding carboxylic acids is 2. The third-order valence-electron chi connectivity index (χ3n) is 13.9. The summed E-state index contributed by atoms with van der Waals surface area (Å²) in [4.78, 5) is 40.0. The van der Waals surface area contributed by atoms with Crippen molar-refractivity contribution in [1.82, 2.24) is 5.32 Å². The van der Waals surface area contributed by atoms with Crippen LogP contribution in [0.1, 0.15) is 290 Å². The number of unbranched alkanes of at least 4 members (excludes halogenated alkanes) is 33. The van der Waals surface area contributed by atoms with Gasteiger partial charge in [-0.2, -0.15) is 0 Å². The third-order valence-corrected chi connectivity index (χ3v) is 14.9. The Labute approximate surface area is 464 Å². The summed E-state index contributed by atoms with van der Waals surface area (Å²) >= 11 is 0. The first-order chi connectivity index (χ1) is 36.4. The lowest BCUT2D eigenvalue weighted by molar-refractivity contribution is -0.870. The Morgan fingerprint density at radius 2 is 0.813 bits per heavy atom. The standard InChI is InChI=1S/C65H121N2O7P/c1-7-10-13-16-19-22-25-27-29-30-31-32-33-34-35-36-38-40-43-46-49-52-55-58-65(69)74-63(56-53-50-47-44-41-24-21-18-15-12-9-3)62(61-73-75(70,71)72-60-59-67(4,5)6)66-64(68)57-54-51-48-45-42-39-37-28-26-23-20-17-14-11-8-2/h19,22-23,26-27,29,31-32,53,56,62-63H,7-18,20-21,24-25,28,30,33-52,54-55,57-61H2,1-6H3,(H-,66,68,70,71)/b22-19-,26-23-,29-27-,32-31-,56-53-. The summed E-state index contributed by atoms with van der Waals surface area (Å²) in [5, 5.41) is 3.02. The van der Waals surface area contributed by atoms with E-state index in [-0.39, 0.29) is 24.9 Å². The van der Waals surface area contributed by atoms with Crippen molar-refractivity contribution in [3.8, 4) is 0 Å². The zero-order chi connectivity index (χ0) is 55.0. The lowest BCUT2D eigenvalue weighted by atomic mass is 10.0. The molecule has 0 fully saturated rings.